The molecule has 4 rings (SSSR count). The lowest BCUT2D eigenvalue weighted by molar-refractivity contribution is 0.0966. The van der Waals surface area contributed by atoms with Crippen molar-refractivity contribution in [2.75, 3.05) is 14.2 Å². The first-order valence-electron chi connectivity index (χ1n) is 9.30. The number of benzene rings is 2. The van der Waals surface area contributed by atoms with Crippen LogP contribution in [0.3, 0.4) is 0 Å². The van der Waals surface area contributed by atoms with E-state index >= 15 is 0 Å². The second-order valence-corrected chi connectivity index (χ2v) is 7.93. The molecule has 7 nitrogen and oxygen atoms in total. The Labute approximate surface area is 180 Å². The highest BCUT2D eigenvalue weighted by atomic mass is 32.1. The maximum absolute atomic E-state index is 13.2. The number of ketones is 1. The molecule has 9 heteroatoms. The summed E-state index contributed by atoms with van der Waals surface area (Å²) in [6, 6.07) is 10.5. The molecule has 0 amide bonds. The van der Waals surface area contributed by atoms with Gasteiger partial charge in [0.25, 0.3) is 5.56 Å². The minimum absolute atomic E-state index is 0.245. The van der Waals surface area contributed by atoms with Crippen molar-refractivity contribution in [2.24, 2.45) is 0 Å². The lowest BCUT2D eigenvalue weighted by atomic mass is 10.1. The van der Waals surface area contributed by atoms with Crippen LogP contribution in [0.1, 0.15) is 15.4 Å². The molecular formula is C22H18FN3O4S. The summed E-state index contributed by atoms with van der Waals surface area (Å²) in [5.41, 5.74) is 1.27. The number of hydrogen-bond acceptors (Lipinski definition) is 7. The van der Waals surface area contributed by atoms with Gasteiger partial charge in [-0.25, -0.2) is 14.1 Å². The largest absolute Gasteiger partial charge is 0.493 e. The molecule has 0 atom stereocenters. The Morgan fingerprint density at radius 3 is 2.48 bits per heavy atom. The predicted octanol–water partition coefficient (Wildman–Crippen LogP) is 3.87. The number of halogens is 1. The van der Waals surface area contributed by atoms with Crippen molar-refractivity contribution in [2.45, 2.75) is 13.5 Å². The number of thiazole rings is 1. The summed E-state index contributed by atoms with van der Waals surface area (Å²) in [4.78, 5) is 30.0. The quantitative estimate of drug-likeness (QED) is 0.424. The van der Waals surface area contributed by atoms with Crippen LogP contribution >= 0.6 is 11.3 Å². The molecular weight excluding hydrogens is 421 g/mol. The summed E-state index contributed by atoms with van der Waals surface area (Å²) in [6.07, 6.45) is 0. The smallest absolute Gasteiger partial charge is 0.294 e. The maximum Gasteiger partial charge on any atom is 0.294 e. The van der Waals surface area contributed by atoms with Gasteiger partial charge in [-0.15, -0.1) is 11.3 Å². The second-order valence-electron chi connectivity index (χ2n) is 6.72. The highest BCUT2D eigenvalue weighted by molar-refractivity contribution is 7.19. The molecule has 0 fully saturated rings. The van der Waals surface area contributed by atoms with Crippen LogP contribution in [0.5, 0.6) is 11.5 Å². The van der Waals surface area contributed by atoms with Crippen LogP contribution in [0.2, 0.25) is 0 Å². The first-order chi connectivity index (χ1) is 14.9. The molecule has 0 saturated carbocycles. The number of ether oxygens (including phenoxy) is 2. The van der Waals surface area contributed by atoms with E-state index in [0.717, 1.165) is 4.68 Å². The molecule has 31 heavy (non-hydrogen) atoms. The molecule has 0 aliphatic heterocycles. The van der Waals surface area contributed by atoms with Gasteiger partial charge in [0, 0.05) is 11.1 Å². The molecule has 0 N–H and O–H groups in total. The topological polar surface area (TPSA) is 83.3 Å². The van der Waals surface area contributed by atoms with Crippen molar-refractivity contribution >= 4 is 27.3 Å². The van der Waals surface area contributed by atoms with Gasteiger partial charge in [0.15, 0.2) is 22.8 Å². The first-order valence-corrected chi connectivity index (χ1v) is 10.1. The molecule has 2 aromatic heterocycles. The van der Waals surface area contributed by atoms with E-state index in [0.29, 0.717) is 32.5 Å². The second kappa shape index (κ2) is 8.27. The van der Waals surface area contributed by atoms with E-state index in [1.54, 1.807) is 32.2 Å². The number of Topliss-reactive ketones (excluding diaryl/α,β-unsaturated/α-hetero) is 1. The molecule has 0 aliphatic rings. The predicted molar refractivity (Wildman–Crippen MR) is 116 cm³/mol. The SMILES string of the molecule is COc1ccc(-c2nn(CC(=O)c3ccc(F)cc3)c(=O)c3nc(C)sc23)cc1OC. The zero-order valence-electron chi connectivity index (χ0n) is 17.0. The standard InChI is InChI=1S/C22H18FN3O4S/c1-12-24-20-21(31-12)19(14-6-9-17(29-2)18(10-14)30-3)25-26(22(20)28)11-16(27)13-4-7-15(23)8-5-13/h4-10H,11H2,1-3H3. The van der Waals surface area contributed by atoms with Crippen LogP contribution in [0.25, 0.3) is 21.5 Å². The third-order valence-electron chi connectivity index (χ3n) is 4.72. The molecule has 2 aromatic carbocycles. The summed E-state index contributed by atoms with van der Waals surface area (Å²) in [5.74, 6) is 0.264. The lowest BCUT2D eigenvalue weighted by Gasteiger charge is -2.11. The number of carbonyl (C=O) groups excluding carboxylic acids is 1. The van der Waals surface area contributed by atoms with Crippen molar-refractivity contribution in [3.05, 3.63) is 69.2 Å². The zero-order valence-corrected chi connectivity index (χ0v) is 17.8. The van der Waals surface area contributed by atoms with Crippen LogP contribution in [0.15, 0.2) is 47.3 Å². The molecule has 0 spiro atoms. The van der Waals surface area contributed by atoms with Crippen molar-refractivity contribution in [3.63, 3.8) is 0 Å². The molecule has 0 aliphatic carbocycles. The minimum Gasteiger partial charge on any atom is -0.493 e. The summed E-state index contributed by atoms with van der Waals surface area (Å²) in [5, 5.41) is 5.19. The minimum atomic E-state index is -0.459. The van der Waals surface area contributed by atoms with Crippen LogP contribution in [-0.4, -0.2) is 34.8 Å². The van der Waals surface area contributed by atoms with E-state index < -0.39 is 11.4 Å². The number of carbonyl (C=O) groups is 1. The molecule has 4 aromatic rings. The Morgan fingerprint density at radius 2 is 1.81 bits per heavy atom. The Bertz CT molecular complexity index is 1350. The number of aromatic nitrogens is 3. The first kappa shape index (κ1) is 20.7. The van der Waals surface area contributed by atoms with Gasteiger partial charge in [-0.3, -0.25) is 9.59 Å². The normalized spacial score (nSPS) is 11.0. The fraction of sp³-hybridized carbons (Fsp3) is 0.182. The molecule has 158 valence electrons. The summed E-state index contributed by atoms with van der Waals surface area (Å²) in [7, 11) is 3.07. The van der Waals surface area contributed by atoms with E-state index in [1.807, 2.05) is 0 Å². The highest BCUT2D eigenvalue weighted by Gasteiger charge is 2.19. The van der Waals surface area contributed by atoms with Crippen LogP contribution < -0.4 is 15.0 Å². The fourth-order valence-electron chi connectivity index (χ4n) is 3.21. The molecule has 0 unspecified atom stereocenters. The number of methoxy groups -OCH3 is 2. The van der Waals surface area contributed by atoms with Gasteiger partial charge < -0.3 is 9.47 Å². The van der Waals surface area contributed by atoms with Gasteiger partial charge in [0.2, 0.25) is 0 Å². The Hall–Kier alpha value is -3.59. The average Bonchev–Trinajstić information content (AvgIpc) is 3.17. The molecule has 0 saturated heterocycles. The van der Waals surface area contributed by atoms with Crippen molar-refractivity contribution < 1.29 is 18.7 Å². The van der Waals surface area contributed by atoms with Gasteiger partial charge in [0.05, 0.1) is 23.9 Å². The number of nitrogens with zero attached hydrogens (tertiary/aromatic N) is 3. The zero-order chi connectivity index (χ0) is 22.1. The van der Waals surface area contributed by atoms with E-state index in [1.165, 1.54) is 42.7 Å². The number of rotatable bonds is 6. The Balaban J connectivity index is 1.85. The summed E-state index contributed by atoms with van der Waals surface area (Å²) >= 11 is 1.35. The van der Waals surface area contributed by atoms with Crippen LogP contribution in [0, 0.1) is 12.7 Å². The van der Waals surface area contributed by atoms with Crippen molar-refractivity contribution in [1.29, 1.82) is 0 Å². The maximum atomic E-state index is 13.2. The van der Waals surface area contributed by atoms with Gasteiger partial charge in [0.1, 0.15) is 18.1 Å². The monoisotopic (exact) mass is 439 g/mol. The summed E-state index contributed by atoms with van der Waals surface area (Å²) in [6.45, 7) is 1.51. The lowest BCUT2D eigenvalue weighted by Crippen LogP contribution is -2.27. The Morgan fingerprint density at radius 1 is 1.10 bits per heavy atom. The summed E-state index contributed by atoms with van der Waals surface area (Å²) < 4.78 is 25.6. The van der Waals surface area contributed by atoms with Gasteiger partial charge in [-0.2, -0.15) is 5.10 Å². The van der Waals surface area contributed by atoms with E-state index in [9.17, 15) is 14.0 Å². The fourth-order valence-corrected chi connectivity index (χ4v) is 4.13. The number of hydrogen-bond donors (Lipinski definition) is 0. The molecule has 2 heterocycles. The van der Waals surface area contributed by atoms with Gasteiger partial charge in [-0.1, -0.05) is 0 Å². The molecule has 0 radical (unpaired) electrons. The highest BCUT2D eigenvalue weighted by Crippen LogP contribution is 2.35. The molecule has 0 bridgehead atoms. The van der Waals surface area contributed by atoms with Crippen molar-refractivity contribution in [1.82, 2.24) is 14.8 Å². The average molecular weight is 439 g/mol. The van der Waals surface area contributed by atoms with Crippen molar-refractivity contribution in [3.8, 4) is 22.8 Å². The number of aryl methyl sites for hydroxylation is 1. The van der Waals surface area contributed by atoms with E-state index in [2.05, 4.69) is 10.1 Å². The van der Waals surface area contributed by atoms with Gasteiger partial charge in [-0.05, 0) is 49.4 Å². The van der Waals surface area contributed by atoms with Gasteiger partial charge >= 0.3 is 0 Å². The third-order valence-corrected chi connectivity index (χ3v) is 5.70. The Kier molecular flexibility index (Phi) is 5.51. The number of fused-ring (bicyclic) bond motifs is 1. The van der Waals surface area contributed by atoms with E-state index in [4.69, 9.17) is 9.47 Å². The third kappa shape index (κ3) is 3.91. The van der Waals surface area contributed by atoms with E-state index in [-0.39, 0.29) is 23.4 Å². The van der Waals surface area contributed by atoms with Crippen LogP contribution in [-0.2, 0) is 6.54 Å². The van der Waals surface area contributed by atoms with Crippen LogP contribution in [0.4, 0.5) is 4.39 Å².